The quantitative estimate of drug-likeness (QED) is 0.526. The number of ether oxygens (including phenoxy) is 1. The minimum Gasteiger partial charge on any atom is -0.464 e. The van der Waals surface area contributed by atoms with E-state index in [1.54, 1.807) is 6.20 Å². The van der Waals surface area contributed by atoms with Crippen LogP contribution in [0.15, 0.2) is 18.5 Å². The molecule has 0 saturated heterocycles. The Kier molecular flexibility index (Phi) is 4.61. The van der Waals surface area contributed by atoms with Gasteiger partial charge in [-0.1, -0.05) is 0 Å². The minimum absolute atomic E-state index is 0.226. The van der Waals surface area contributed by atoms with Crippen molar-refractivity contribution in [3.8, 4) is 6.01 Å². The van der Waals surface area contributed by atoms with Crippen LogP contribution in [0.4, 0.5) is 11.9 Å². The van der Waals surface area contributed by atoms with Gasteiger partial charge in [-0.2, -0.15) is 15.0 Å². The third-order valence-electron chi connectivity index (χ3n) is 2.59. The first-order chi connectivity index (χ1) is 9.72. The van der Waals surface area contributed by atoms with Crippen molar-refractivity contribution in [1.29, 1.82) is 0 Å². The van der Waals surface area contributed by atoms with Gasteiger partial charge >= 0.3 is 6.01 Å². The third-order valence-corrected chi connectivity index (χ3v) is 2.59. The molecule has 8 heteroatoms. The zero-order valence-corrected chi connectivity index (χ0v) is 11.4. The van der Waals surface area contributed by atoms with Gasteiger partial charge in [0.05, 0.1) is 6.61 Å². The number of nitrogens with zero attached hydrogens (tertiary/aromatic N) is 4. The van der Waals surface area contributed by atoms with E-state index in [4.69, 9.17) is 10.6 Å². The summed E-state index contributed by atoms with van der Waals surface area (Å²) in [6, 6.07) is 2.17. The maximum absolute atomic E-state index is 5.32. The number of nitrogens with one attached hydrogen (secondary N) is 2. The Morgan fingerprint density at radius 1 is 1.25 bits per heavy atom. The number of nitrogen functional groups attached to an aromatic ring is 1. The number of hydrogen-bond donors (Lipinski definition) is 3. The van der Waals surface area contributed by atoms with Gasteiger partial charge in [-0.15, -0.1) is 0 Å². The van der Waals surface area contributed by atoms with Crippen LogP contribution < -0.4 is 21.3 Å². The highest BCUT2D eigenvalue weighted by atomic mass is 16.5. The summed E-state index contributed by atoms with van der Waals surface area (Å²) in [5.41, 5.74) is 4.59. The van der Waals surface area contributed by atoms with E-state index >= 15 is 0 Å². The number of aryl methyl sites for hydroxylation is 1. The Hall–Kier alpha value is -2.48. The Labute approximate surface area is 116 Å². The van der Waals surface area contributed by atoms with Crippen LogP contribution in [0, 0.1) is 6.92 Å². The van der Waals surface area contributed by atoms with Gasteiger partial charge in [0, 0.05) is 18.9 Å². The van der Waals surface area contributed by atoms with Gasteiger partial charge in [0.2, 0.25) is 11.9 Å². The van der Waals surface area contributed by atoms with Crippen molar-refractivity contribution < 1.29 is 4.74 Å². The number of rotatable bonds is 6. The van der Waals surface area contributed by atoms with Crippen molar-refractivity contribution in [3.05, 3.63) is 29.6 Å². The summed E-state index contributed by atoms with van der Waals surface area (Å²) in [7, 11) is 0. The Balaban J connectivity index is 2.12. The van der Waals surface area contributed by atoms with Gasteiger partial charge in [0.25, 0.3) is 0 Å². The van der Waals surface area contributed by atoms with E-state index in [0.717, 1.165) is 11.1 Å². The molecule has 0 atom stereocenters. The fourth-order valence-corrected chi connectivity index (χ4v) is 1.57. The van der Waals surface area contributed by atoms with Gasteiger partial charge in [-0.25, -0.2) is 5.84 Å². The lowest BCUT2D eigenvalue weighted by molar-refractivity contribution is 0.312. The molecule has 4 N–H and O–H groups in total. The van der Waals surface area contributed by atoms with Gasteiger partial charge in [-0.3, -0.25) is 10.4 Å². The summed E-state index contributed by atoms with van der Waals surface area (Å²) in [6.45, 7) is 4.90. The van der Waals surface area contributed by atoms with Crippen LogP contribution in [0.1, 0.15) is 18.1 Å². The van der Waals surface area contributed by atoms with E-state index in [1.165, 1.54) is 0 Å². The molecule has 20 heavy (non-hydrogen) atoms. The van der Waals surface area contributed by atoms with Crippen LogP contribution in [0.3, 0.4) is 0 Å². The first-order valence-corrected chi connectivity index (χ1v) is 6.21. The number of anilines is 2. The lowest BCUT2D eigenvalue weighted by atomic mass is 10.1. The first kappa shape index (κ1) is 13.9. The molecule has 0 bridgehead atoms. The molecule has 0 aliphatic rings. The van der Waals surface area contributed by atoms with Gasteiger partial charge in [-0.05, 0) is 31.0 Å². The molecule has 8 nitrogen and oxygen atoms in total. The summed E-state index contributed by atoms with van der Waals surface area (Å²) in [5.74, 6) is 5.96. The maximum atomic E-state index is 5.32. The molecule has 0 fully saturated rings. The predicted octanol–water partition coefficient (Wildman–Crippen LogP) is 0.871. The molecule has 0 saturated carbocycles. The van der Waals surface area contributed by atoms with E-state index < -0.39 is 0 Å². The Morgan fingerprint density at radius 3 is 2.75 bits per heavy atom. The average Bonchev–Trinajstić information content (AvgIpc) is 2.46. The van der Waals surface area contributed by atoms with Crippen molar-refractivity contribution in [3.63, 3.8) is 0 Å². The highest BCUT2D eigenvalue weighted by molar-refractivity contribution is 5.36. The monoisotopic (exact) mass is 275 g/mol. The number of aromatic nitrogens is 4. The molecule has 106 valence electrons. The topological polar surface area (TPSA) is 111 Å². The molecular formula is C12H17N7O. The molecule has 2 aromatic rings. The van der Waals surface area contributed by atoms with E-state index in [9.17, 15) is 0 Å². The number of hydrazine groups is 1. The zero-order chi connectivity index (χ0) is 14.4. The first-order valence-electron chi connectivity index (χ1n) is 6.21. The highest BCUT2D eigenvalue weighted by Crippen LogP contribution is 2.12. The third kappa shape index (κ3) is 3.51. The highest BCUT2D eigenvalue weighted by Gasteiger charge is 2.06. The zero-order valence-electron chi connectivity index (χ0n) is 11.4. The molecule has 0 amide bonds. The van der Waals surface area contributed by atoms with Gasteiger partial charge < -0.3 is 10.1 Å². The predicted molar refractivity (Wildman–Crippen MR) is 75.1 cm³/mol. The van der Waals surface area contributed by atoms with Crippen LogP contribution in [0.25, 0.3) is 0 Å². The molecule has 0 unspecified atom stereocenters. The molecule has 0 aromatic carbocycles. The summed E-state index contributed by atoms with van der Waals surface area (Å²) < 4.78 is 5.26. The van der Waals surface area contributed by atoms with Crippen molar-refractivity contribution >= 4 is 11.9 Å². The van der Waals surface area contributed by atoms with E-state index in [0.29, 0.717) is 19.1 Å². The smallest absolute Gasteiger partial charge is 0.323 e. The summed E-state index contributed by atoms with van der Waals surface area (Å²) in [5, 5.41) is 3.11. The fraction of sp³-hybridized carbons (Fsp3) is 0.333. The maximum Gasteiger partial charge on any atom is 0.323 e. The van der Waals surface area contributed by atoms with Crippen LogP contribution in [0.2, 0.25) is 0 Å². The van der Waals surface area contributed by atoms with Crippen LogP contribution in [0.5, 0.6) is 6.01 Å². The molecule has 0 radical (unpaired) electrons. The fourth-order valence-electron chi connectivity index (χ4n) is 1.57. The van der Waals surface area contributed by atoms with Crippen LogP contribution in [-0.4, -0.2) is 26.5 Å². The summed E-state index contributed by atoms with van der Waals surface area (Å²) in [4.78, 5) is 16.3. The van der Waals surface area contributed by atoms with Gasteiger partial charge in [0.1, 0.15) is 0 Å². The Bertz CT molecular complexity index is 575. The lowest BCUT2D eigenvalue weighted by Gasteiger charge is -2.09. The molecule has 0 aliphatic heterocycles. The SMILES string of the molecule is CCOc1nc(NN)nc(NCc2ccncc2C)n1. The average molecular weight is 275 g/mol. The van der Waals surface area contributed by atoms with Gasteiger partial charge in [0.15, 0.2) is 0 Å². The van der Waals surface area contributed by atoms with Crippen molar-refractivity contribution in [2.45, 2.75) is 20.4 Å². The van der Waals surface area contributed by atoms with Crippen molar-refractivity contribution in [2.75, 3.05) is 17.3 Å². The standard InChI is InChI=1S/C12H17N7O/c1-3-20-12-17-10(16-11(18-12)19-13)15-7-9-4-5-14-6-8(9)2/h4-6H,3,7,13H2,1-2H3,(H2,15,16,17,18,19). The minimum atomic E-state index is 0.226. The van der Waals surface area contributed by atoms with E-state index in [2.05, 4.69) is 30.7 Å². The summed E-state index contributed by atoms with van der Waals surface area (Å²) in [6.07, 6.45) is 3.55. The molecule has 0 spiro atoms. The van der Waals surface area contributed by atoms with E-state index in [-0.39, 0.29) is 12.0 Å². The van der Waals surface area contributed by atoms with Crippen molar-refractivity contribution in [2.24, 2.45) is 5.84 Å². The number of nitrogens with two attached hydrogens (primary N) is 1. The second-order valence-corrected chi connectivity index (χ2v) is 4.00. The summed E-state index contributed by atoms with van der Waals surface area (Å²) >= 11 is 0. The molecule has 2 heterocycles. The molecule has 2 aromatic heterocycles. The second-order valence-electron chi connectivity index (χ2n) is 4.00. The van der Waals surface area contributed by atoms with Crippen LogP contribution in [-0.2, 0) is 6.54 Å². The number of pyridine rings is 1. The Morgan fingerprint density at radius 2 is 2.05 bits per heavy atom. The van der Waals surface area contributed by atoms with E-state index in [1.807, 2.05) is 26.1 Å². The normalized spacial score (nSPS) is 10.2. The lowest BCUT2D eigenvalue weighted by Crippen LogP contribution is -2.14. The van der Waals surface area contributed by atoms with Crippen molar-refractivity contribution in [1.82, 2.24) is 19.9 Å². The second kappa shape index (κ2) is 6.62. The van der Waals surface area contributed by atoms with Crippen LogP contribution >= 0.6 is 0 Å². The number of hydrogen-bond acceptors (Lipinski definition) is 8. The molecule has 2 rings (SSSR count). The molecule has 0 aliphatic carbocycles. The molecular weight excluding hydrogens is 258 g/mol. The largest absolute Gasteiger partial charge is 0.464 e.